The third-order valence-corrected chi connectivity index (χ3v) is 6.23. The molecule has 9 nitrogen and oxygen atoms in total. The number of amides is 2. The third kappa shape index (κ3) is 4.80. The van der Waals surface area contributed by atoms with E-state index in [4.69, 9.17) is 16.9 Å². The van der Waals surface area contributed by atoms with Gasteiger partial charge in [-0.3, -0.25) is 24.4 Å². The average molecular weight is 505 g/mol. The second-order valence-electron chi connectivity index (χ2n) is 8.78. The molecular weight excluding hydrogens is 480 g/mol. The summed E-state index contributed by atoms with van der Waals surface area (Å²) in [6.07, 6.45) is 1.66. The zero-order valence-electron chi connectivity index (χ0n) is 20.2. The number of hydrogen-bond donors (Lipinski definition) is 4. The highest BCUT2D eigenvalue weighted by Crippen LogP contribution is 2.25. The number of carbonyl (C=O) groups is 2. The van der Waals surface area contributed by atoms with Crippen LogP contribution < -0.4 is 22.3 Å². The number of anilines is 1. The van der Waals surface area contributed by atoms with E-state index in [2.05, 4.69) is 5.32 Å². The average Bonchev–Trinajstić information content (AvgIpc) is 3.27. The number of carbonyl (C=O) groups excluding carboxylic acids is 2. The van der Waals surface area contributed by atoms with E-state index >= 15 is 0 Å². The molecule has 0 bridgehead atoms. The van der Waals surface area contributed by atoms with Gasteiger partial charge in [0.25, 0.3) is 11.5 Å². The lowest BCUT2D eigenvalue weighted by Crippen LogP contribution is -2.19. The van der Waals surface area contributed by atoms with Gasteiger partial charge < -0.3 is 21.4 Å². The molecule has 0 saturated carbocycles. The van der Waals surface area contributed by atoms with Gasteiger partial charge in [-0.1, -0.05) is 36.4 Å². The maximum absolute atomic E-state index is 13.5. The van der Waals surface area contributed by atoms with E-state index in [1.807, 2.05) is 10.6 Å². The van der Waals surface area contributed by atoms with E-state index in [9.17, 15) is 14.4 Å². The van der Waals surface area contributed by atoms with Crippen LogP contribution >= 0.6 is 0 Å². The number of nitrogen functional groups attached to an aromatic ring is 1. The Morgan fingerprint density at radius 3 is 2.32 bits per heavy atom. The summed E-state index contributed by atoms with van der Waals surface area (Å²) in [6.45, 7) is 0.325. The van der Waals surface area contributed by atoms with Crippen LogP contribution in [-0.2, 0) is 6.54 Å². The van der Waals surface area contributed by atoms with Gasteiger partial charge >= 0.3 is 0 Å². The summed E-state index contributed by atoms with van der Waals surface area (Å²) in [5, 5.41) is 11.6. The predicted octanol–water partition coefficient (Wildman–Crippen LogP) is 3.48. The Bertz CT molecular complexity index is 1770. The Hall–Kier alpha value is -5.44. The van der Waals surface area contributed by atoms with Gasteiger partial charge in [-0.2, -0.15) is 0 Å². The molecule has 9 heteroatoms. The summed E-state index contributed by atoms with van der Waals surface area (Å²) >= 11 is 0. The molecule has 5 aromatic rings. The number of aromatic nitrogens is 2. The maximum Gasteiger partial charge on any atom is 0.272 e. The van der Waals surface area contributed by atoms with Gasteiger partial charge in [0.2, 0.25) is 5.91 Å². The highest BCUT2D eigenvalue weighted by molar-refractivity contribution is 6.07. The summed E-state index contributed by atoms with van der Waals surface area (Å²) in [5.41, 5.74) is 14.9. The lowest BCUT2D eigenvalue weighted by atomic mass is 10.1. The summed E-state index contributed by atoms with van der Waals surface area (Å²) in [5.74, 6) is -0.949. The smallest absolute Gasteiger partial charge is 0.272 e. The second-order valence-corrected chi connectivity index (χ2v) is 8.78. The third-order valence-electron chi connectivity index (χ3n) is 6.23. The van der Waals surface area contributed by atoms with E-state index in [-0.39, 0.29) is 17.3 Å². The van der Waals surface area contributed by atoms with Crippen molar-refractivity contribution in [2.45, 2.75) is 6.54 Å². The summed E-state index contributed by atoms with van der Waals surface area (Å²) < 4.78 is 3.33. The second kappa shape index (κ2) is 9.90. The minimum absolute atomic E-state index is 0.0792. The number of primary amides is 1. The monoisotopic (exact) mass is 504 g/mol. The Morgan fingerprint density at radius 2 is 1.61 bits per heavy atom. The molecule has 188 valence electrons. The lowest BCUT2D eigenvalue weighted by Gasteiger charge is -2.13. The number of benzene rings is 3. The van der Waals surface area contributed by atoms with Gasteiger partial charge in [-0.25, -0.2) is 0 Å². The molecule has 2 heterocycles. The quantitative estimate of drug-likeness (QED) is 0.198. The number of nitrogens with zero attached hydrogens (tertiary/aromatic N) is 2. The highest BCUT2D eigenvalue weighted by atomic mass is 16.2. The van der Waals surface area contributed by atoms with Crippen LogP contribution in [0.1, 0.15) is 32.0 Å². The molecule has 0 aliphatic carbocycles. The van der Waals surface area contributed by atoms with Gasteiger partial charge in [0.1, 0.15) is 11.5 Å². The fraction of sp³-hybridized carbons (Fsp3) is 0.0345. The van der Waals surface area contributed by atoms with E-state index in [1.165, 1.54) is 10.6 Å². The number of nitrogens with two attached hydrogens (primary N) is 2. The summed E-state index contributed by atoms with van der Waals surface area (Å²) in [7, 11) is 0. The van der Waals surface area contributed by atoms with Crippen molar-refractivity contribution in [3.63, 3.8) is 0 Å². The molecule has 0 unspecified atom stereocenters. The van der Waals surface area contributed by atoms with E-state index in [0.717, 1.165) is 16.5 Å². The van der Waals surface area contributed by atoms with Gasteiger partial charge in [0.15, 0.2) is 0 Å². The molecule has 0 saturated heterocycles. The summed E-state index contributed by atoms with van der Waals surface area (Å²) in [6, 6.07) is 25.9. The number of fused-ring (bicyclic) bond motifs is 1. The molecule has 0 aliphatic heterocycles. The van der Waals surface area contributed by atoms with Crippen LogP contribution in [0.25, 0.3) is 16.6 Å². The van der Waals surface area contributed by atoms with Crippen molar-refractivity contribution in [2.24, 2.45) is 11.5 Å². The van der Waals surface area contributed by atoms with Gasteiger partial charge in [-0.15, -0.1) is 0 Å². The number of rotatable bonds is 7. The predicted molar refractivity (Wildman–Crippen MR) is 147 cm³/mol. The topological polar surface area (TPSA) is 149 Å². The van der Waals surface area contributed by atoms with Crippen molar-refractivity contribution in [2.75, 3.05) is 5.32 Å². The van der Waals surface area contributed by atoms with Crippen molar-refractivity contribution in [3.8, 4) is 5.69 Å². The molecule has 2 aromatic heterocycles. The molecule has 0 spiro atoms. The normalized spacial score (nSPS) is 10.8. The Balaban J connectivity index is 1.53. The molecule has 2 amide bonds. The zero-order valence-corrected chi connectivity index (χ0v) is 20.2. The van der Waals surface area contributed by atoms with Gasteiger partial charge in [0.05, 0.1) is 5.69 Å². The largest absolute Gasteiger partial charge is 0.384 e. The van der Waals surface area contributed by atoms with Crippen molar-refractivity contribution < 1.29 is 9.59 Å². The number of hydrogen-bond acceptors (Lipinski definition) is 4. The van der Waals surface area contributed by atoms with E-state index < -0.39 is 5.91 Å². The first-order valence-electron chi connectivity index (χ1n) is 11.8. The molecule has 0 atom stereocenters. The Labute approximate surface area is 217 Å². The number of amidine groups is 1. The maximum atomic E-state index is 13.5. The molecular formula is C29H24N6O3. The Morgan fingerprint density at radius 1 is 0.842 bits per heavy atom. The van der Waals surface area contributed by atoms with Gasteiger partial charge in [-0.05, 0) is 54.1 Å². The molecule has 6 N–H and O–H groups in total. The fourth-order valence-corrected chi connectivity index (χ4v) is 4.31. The van der Waals surface area contributed by atoms with Crippen LogP contribution in [0, 0.1) is 5.41 Å². The zero-order chi connectivity index (χ0) is 26.8. The molecule has 0 radical (unpaired) electrons. The van der Waals surface area contributed by atoms with Crippen molar-refractivity contribution >= 4 is 34.2 Å². The van der Waals surface area contributed by atoms with Crippen molar-refractivity contribution in [1.82, 2.24) is 9.13 Å². The van der Waals surface area contributed by atoms with Crippen LogP contribution in [0.2, 0.25) is 0 Å². The molecule has 38 heavy (non-hydrogen) atoms. The fourth-order valence-electron chi connectivity index (χ4n) is 4.31. The first-order valence-corrected chi connectivity index (χ1v) is 11.8. The van der Waals surface area contributed by atoms with Crippen molar-refractivity contribution in [1.29, 1.82) is 5.41 Å². The minimum Gasteiger partial charge on any atom is -0.384 e. The lowest BCUT2D eigenvalue weighted by molar-refractivity contribution is 0.0997. The number of nitrogens with one attached hydrogen (secondary N) is 2. The standard InChI is InChI=1S/C29H24N6O3/c30-27(31)21-12-11-20-14-25(35(24(20)15-21)17-18-7-9-19(10-8-18)28(32)37)29(38)33-22-4-3-5-23(16-22)34-13-2-1-6-26(34)36/h1-16H,17H2,(H3,30,31)(H2,32,37)(H,33,38). The highest BCUT2D eigenvalue weighted by Gasteiger charge is 2.18. The van der Waals surface area contributed by atoms with Crippen molar-refractivity contribution in [3.05, 3.63) is 130 Å². The van der Waals surface area contributed by atoms with E-state index in [0.29, 0.717) is 34.7 Å². The van der Waals surface area contributed by atoms with Crippen LogP contribution in [0.5, 0.6) is 0 Å². The first kappa shape index (κ1) is 24.3. The van der Waals surface area contributed by atoms with Crippen LogP contribution in [-0.4, -0.2) is 26.8 Å². The molecule has 0 aliphatic rings. The SMILES string of the molecule is N=C(N)c1ccc2cc(C(=O)Nc3cccc(-n4ccccc4=O)c3)n(Cc3ccc(C(N)=O)cc3)c2c1. The van der Waals surface area contributed by atoms with E-state index in [1.54, 1.807) is 85.1 Å². The van der Waals surface area contributed by atoms with Crippen LogP contribution in [0.15, 0.2) is 102 Å². The van der Waals surface area contributed by atoms with Crippen LogP contribution in [0.3, 0.4) is 0 Å². The molecule has 0 fully saturated rings. The molecule has 5 rings (SSSR count). The Kier molecular flexibility index (Phi) is 6.32. The number of pyridine rings is 1. The van der Waals surface area contributed by atoms with Gasteiger partial charge in [0, 0.05) is 46.5 Å². The minimum atomic E-state index is -0.519. The molecule has 3 aromatic carbocycles. The summed E-state index contributed by atoms with van der Waals surface area (Å²) in [4.78, 5) is 37.3. The van der Waals surface area contributed by atoms with Crippen LogP contribution in [0.4, 0.5) is 5.69 Å². The first-order chi connectivity index (χ1) is 18.3.